The van der Waals surface area contributed by atoms with Crippen molar-refractivity contribution in [1.29, 1.82) is 0 Å². The van der Waals surface area contributed by atoms with Gasteiger partial charge in [-0.1, -0.05) is 25.4 Å². The molecule has 108 valence electrons. The van der Waals surface area contributed by atoms with Gasteiger partial charge in [-0.2, -0.15) is 0 Å². The first-order valence-electron chi connectivity index (χ1n) is 6.03. The first-order chi connectivity index (χ1) is 8.58. The summed E-state index contributed by atoms with van der Waals surface area (Å²) >= 11 is 5.93. The van der Waals surface area contributed by atoms with Gasteiger partial charge in [0.05, 0.1) is 10.6 Å². The number of hydrogen-bond acceptors (Lipinski definition) is 4. The summed E-state index contributed by atoms with van der Waals surface area (Å²) in [5, 5.41) is 0.322. The number of benzene rings is 1. The van der Waals surface area contributed by atoms with Gasteiger partial charge in [-0.25, -0.2) is 4.79 Å². The Balaban J connectivity index is 0.00000324. The van der Waals surface area contributed by atoms with Gasteiger partial charge in [-0.05, 0) is 31.3 Å². The predicted octanol–water partition coefficient (Wildman–Crippen LogP) is -0.575. The predicted molar refractivity (Wildman–Crippen MR) is 73.9 cm³/mol. The number of likely N-dealkylation sites (N-methyl/N-ethyl adjacent to an activating group) is 1. The smallest absolute Gasteiger partial charge is 0.339 e. The fraction of sp³-hybridized carbons (Fsp3) is 0.462. The van der Waals surface area contributed by atoms with Crippen LogP contribution >= 0.6 is 11.6 Å². The molecule has 0 aliphatic carbocycles. The van der Waals surface area contributed by atoms with Crippen molar-refractivity contribution in [3.05, 3.63) is 28.8 Å². The first-order valence-corrected chi connectivity index (χ1v) is 6.40. The van der Waals surface area contributed by atoms with Crippen LogP contribution in [-0.4, -0.2) is 37.1 Å². The van der Waals surface area contributed by atoms with Crippen molar-refractivity contribution in [2.45, 2.75) is 13.8 Å². The zero-order valence-electron chi connectivity index (χ0n) is 11.2. The molecule has 0 aliphatic rings. The summed E-state index contributed by atoms with van der Waals surface area (Å²) in [4.78, 5) is 13.9. The highest BCUT2D eigenvalue weighted by molar-refractivity contribution is 6.33. The summed E-state index contributed by atoms with van der Waals surface area (Å²) in [5.41, 5.74) is 6.44. The molecule has 0 unspecified atom stereocenters. The molecule has 2 N–H and O–H groups in total. The van der Waals surface area contributed by atoms with Gasteiger partial charge in [0.1, 0.15) is 6.61 Å². The van der Waals surface area contributed by atoms with E-state index in [1.807, 2.05) is 0 Å². The Bertz CT molecular complexity index is 410. The maximum Gasteiger partial charge on any atom is 0.339 e. The number of anilines is 1. The summed E-state index contributed by atoms with van der Waals surface area (Å²) in [6.45, 7) is 7.12. The molecule has 0 fully saturated rings. The van der Waals surface area contributed by atoms with E-state index in [9.17, 15) is 4.79 Å². The Kier molecular flexibility index (Phi) is 8.56. The lowest BCUT2D eigenvalue weighted by molar-refractivity contribution is -0.0000227. The van der Waals surface area contributed by atoms with Crippen LogP contribution in [0.3, 0.4) is 0 Å². The van der Waals surface area contributed by atoms with Crippen molar-refractivity contribution >= 4 is 23.3 Å². The van der Waals surface area contributed by atoms with Crippen molar-refractivity contribution in [2.75, 3.05) is 32.0 Å². The molecule has 0 amide bonds. The zero-order chi connectivity index (χ0) is 13.5. The molecule has 6 heteroatoms. The minimum Gasteiger partial charge on any atom is -1.00 e. The largest absolute Gasteiger partial charge is 1.00 e. The monoisotopic (exact) mass is 305 g/mol. The molecule has 19 heavy (non-hydrogen) atoms. The van der Waals surface area contributed by atoms with Crippen molar-refractivity contribution in [3.8, 4) is 0 Å². The van der Waals surface area contributed by atoms with Crippen LogP contribution in [0.4, 0.5) is 5.69 Å². The number of rotatable bonds is 6. The standard InChI is InChI=1S/C13H19ClN2O2.ClH/c1-3-16(4-2)7-8-18-13(17)11-6-5-10(15)9-12(11)14;/h5-6,9H,3-4,7-8,15H2,1-2H3;1H/p-1. The number of nitrogens with two attached hydrogens (primary N) is 1. The van der Waals surface area contributed by atoms with E-state index in [0.29, 0.717) is 22.9 Å². The van der Waals surface area contributed by atoms with Crippen LogP contribution in [0.15, 0.2) is 18.2 Å². The first kappa shape index (κ1) is 18.0. The lowest BCUT2D eigenvalue weighted by atomic mass is 10.2. The molecular weight excluding hydrogens is 287 g/mol. The minimum atomic E-state index is -0.410. The molecule has 0 saturated carbocycles. The Morgan fingerprint density at radius 3 is 2.53 bits per heavy atom. The van der Waals surface area contributed by atoms with E-state index in [1.54, 1.807) is 18.2 Å². The number of ether oxygens (including phenoxy) is 1. The highest BCUT2D eigenvalue weighted by Crippen LogP contribution is 2.19. The Hall–Kier alpha value is -0.970. The van der Waals surface area contributed by atoms with Gasteiger partial charge in [-0.3, -0.25) is 0 Å². The van der Waals surface area contributed by atoms with Crippen LogP contribution in [0.2, 0.25) is 5.02 Å². The van der Waals surface area contributed by atoms with Gasteiger partial charge in [-0.15, -0.1) is 0 Å². The number of esters is 1. The average Bonchev–Trinajstić information content (AvgIpc) is 2.34. The molecular formula is C13H19Cl2N2O2-. The minimum absolute atomic E-state index is 0. The third-order valence-electron chi connectivity index (χ3n) is 2.75. The molecule has 1 rings (SSSR count). The molecule has 0 heterocycles. The molecule has 0 saturated heterocycles. The van der Waals surface area contributed by atoms with Crippen molar-refractivity contribution in [3.63, 3.8) is 0 Å². The van der Waals surface area contributed by atoms with Gasteiger partial charge in [0.15, 0.2) is 0 Å². The third kappa shape index (κ3) is 5.68. The van der Waals surface area contributed by atoms with Gasteiger partial charge in [0, 0.05) is 12.2 Å². The van der Waals surface area contributed by atoms with E-state index in [-0.39, 0.29) is 12.4 Å². The molecule has 0 aliphatic heterocycles. The average molecular weight is 306 g/mol. The second kappa shape index (κ2) is 9.02. The molecule has 0 radical (unpaired) electrons. The van der Waals surface area contributed by atoms with E-state index in [0.717, 1.165) is 19.6 Å². The number of halogens is 2. The Labute approximate surface area is 125 Å². The van der Waals surface area contributed by atoms with Crippen LogP contribution in [0.5, 0.6) is 0 Å². The van der Waals surface area contributed by atoms with E-state index in [1.165, 1.54) is 0 Å². The number of nitrogens with zero attached hydrogens (tertiary/aromatic N) is 1. The molecule has 0 aromatic heterocycles. The summed E-state index contributed by atoms with van der Waals surface area (Å²) in [6.07, 6.45) is 0. The van der Waals surface area contributed by atoms with Crippen LogP contribution in [-0.2, 0) is 4.74 Å². The molecule has 0 bridgehead atoms. The molecule has 1 aromatic carbocycles. The topological polar surface area (TPSA) is 55.6 Å². The molecule has 4 nitrogen and oxygen atoms in total. The van der Waals surface area contributed by atoms with Gasteiger partial charge < -0.3 is 27.8 Å². The zero-order valence-corrected chi connectivity index (χ0v) is 12.7. The third-order valence-corrected chi connectivity index (χ3v) is 3.06. The lowest BCUT2D eigenvalue weighted by Gasteiger charge is -2.17. The van der Waals surface area contributed by atoms with Crippen LogP contribution in [0.25, 0.3) is 0 Å². The van der Waals surface area contributed by atoms with Crippen LogP contribution in [0.1, 0.15) is 24.2 Å². The van der Waals surface area contributed by atoms with E-state index in [2.05, 4.69) is 18.7 Å². The maximum absolute atomic E-state index is 11.8. The van der Waals surface area contributed by atoms with Crippen LogP contribution in [0, 0.1) is 0 Å². The summed E-state index contributed by atoms with van der Waals surface area (Å²) in [7, 11) is 0. The van der Waals surface area contributed by atoms with Gasteiger partial charge in [0.2, 0.25) is 0 Å². The van der Waals surface area contributed by atoms with Crippen molar-refractivity contribution in [2.24, 2.45) is 0 Å². The molecule has 0 spiro atoms. The molecule has 0 atom stereocenters. The lowest BCUT2D eigenvalue weighted by Crippen LogP contribution is -3.00. The highest BCUT2D eigenvalue weighted by atomic mass is 35.5. The number of carbonyl (C=O) groups excluding carboxylic acids is 1. The summed E-state index contributed by atoms with van der Waals surface area (Å²) in [5.74, 6) is -0.410. The number of nitrogen functional groups attached to an aromatic ring is 1. The van der Waals surface area contributed by atoms with E-state index >= 15 is 0 Å². The summed E-state index contributed by atoms with van der Waals surface area (Å²) < 4.78 is 5.18. The number of hydrogen-bond donors (Lipinski definition) is 1. The second-order valence-electron chi connectivity index (χ2n) is 3.90. The Morgan fingerprint density at radius 2 is 2.00 bits per heavy atom. The second-order valence-corrected chi connectivity index (χ2v) is 4.31. The normalized spacial score (nSPS) is 10.1. The van der Waals surface area contributed by atoms with Gasteiger partial charge >= 0.3 is 5.97 Å². The van der Waals surface area contributed by atoms with Crippen LogP contribution < -0.4 is 18.1 Å². The molecule has 1 aromatic rings. The highest BCUT2D eigenvalue weighted by Gasteiger charge is 2.12. The number of carbonyl (C=O) groups is 1. The quantitative estimate of drug-likeness (QED) is 0.565. The van der Waals surface area contributed by atoms with Crippen molar-refractivity contribution < 1.29 is 21.9 Å². The summed E-state index contributed by atoms with van der Waals surface area (Å²) in [6, 6.07) is 4.76. The van der Waals surface area contributed by atoms with Crippen molar-refractivity contribution in [1.82, 2.24) is 4.90 Å². The van der Waals surface area contributed by atoms with E-state index in [4.69, 9.17) is 22.1 Å². The van der Waals surface area contributed by atoms with Gasteiger partial charge in [0.25, 0.3) is 0 Å². The fourth-order valence-corrected chi connectivity index (χ4v) is 1.85. The Morgan fingerprint density at radius 1 is 1.37 bits per heavy atom. The fourth-order valence-electron chi connectivity index (χ4n) is 1.58. The maximum atomic E-state index is 11.8. The SMILES string of the molecule is CCN(CC)CCOC(=O)c1ccc(N)cc1Cl.[Cl-]. The van der Waals surface area contributed by atoms with E-state index < -0.39 is 5.97 Å².